The van der Waals surface area contributed by atoms with Gasteiger partial charge in [0, 0.05) is 0 Å². The van der Waals surface area contributed by atoms with Gasteiger partial charge in [0.05, 0.1) is 0 Å². The molecule has 54 valence electrons. The number of carboxylic acids is 1. The van der Waals surface area contributed by atoms with Crippen LogP contribution in [0.25, 0.3) is 0 Å². The van der Waals surface area contributed by atoms with Crippen molar-refractivity contribution in [2.24, 2.45) is 0 Å². The molecule has 10 heavy (non-hydrogen) atoms. The number of carboxylic acid groups (broad SMARTS) is 1. The molecule has 1 saturated heterocycles. The van der Waals surface area contributed by atoms with Crippen LogP contribution in [0.5, 0.6) is 0 Å². The Bertz CT molecular complexity index is 176. The van der Waals surface area contributed by atoms with Crippen molar-refractivity contribution in [3.63, 3.8) is 0 Å². The molecule has 1 fully saturated rings. The SMILES string of the molecule is O=BN1CC(O)(C(=O)O)C1. The molecule has 5 nitrogen and oxygen atoms in total. The summed E-state index contributed by atoms with van der Waals surface area (Å²) in [6.07, 6.45) is 0. The second kappa shape index (κ2) is 2.05. The summed E-state index contributed by atoms with van der Waals surface area (Å²) in [5, 5.41) is 17.3. The van der Waals surface area contributed by atoms with E-state index in [9.17, 15) is 9.50 Å². The third kappa shape index (κ3) is 0.902. The van der Waals surface area contributed by atoms with E-state index < -0.39 is 11.6 Å². The molecule has 0 saturated carbocycles. The average Bonchev–Trinajstić information content (AvgIpc) is 1.80. The van der Waals surface area contributed by atoms with Gasteiger partial charge in [0.1, 0.15) is 0 Å². The zero-order chi connectivity index (χ0) is 7.78. The van der Waals surface area contributed by atoms with E-state index in [-0.39, 0.29) is 13.1 Å². The first-order valence-electron chi connectivity index (χ1n) is 2.73. The summed E-state index contributed by atoms with van der Waals surface area (Å²) in [4.78, 5) is 11.4. The first kappa shape index (κ1) is 7.20. The molecular formula is C4H6BNO4. The molecule has 0 unspecified atom stereocenters. The van der Waals surface area contributed by atoms with Crippen LogP contribution in [0.4, 0.5) is 0 Å². The number of β-amino-alcohol motifs (C(OH)–C–C–N with tert-alkyl or cyclic N) is 1. The van der Waals surface area contributed by atoms with Crippen LogP contribution in [0.3, 0.4) is 0 Å². The molecule has 0 aromatic rings. The van der Waals surface area contributed by atoms with Crippen LogP contribution < -0.4 is 0 Å². The number of hydrogen-bond acceptors (Lipinski definition) is 3. The van der Waals surface area contributed by atoms with Crippen molar-refractivity contribution >= 4 is 13.3 Å². The van der Waals surface area contributed by atoms with Crippen molar-refractivity contribution < 1.29 is 19.7 Å². The molecule has 0 aliphatic carbocycles. The van der Waals surface area contributed by atoms with E-state index >= 15 is 0 Å². The molecule has 1 rings (SSSR count). The molecule has 0 bridgehead atoms. The number of carbonyl (C=O) groups is 1. The predicted octanol–water partition coefficient (Wildman–Crippen LogP) is -1.92. The Labute approximate surface area is 57.5 Å². The normalized spacial score (nSPS) is 21.1. The summed E-state index contributed by atoms with van der Waals surface area (Å²) in [6, 6.07) is 0. The van der Waals surface area contributed by atoms with E-state index in [0.29, 0.717) is 7.28 Å². The second-order valence-electron chi connectivity index (χ2n) is 2.35. The first-order valence-corrected chi connectivity index (χ1v) is 2.73. The van der Waals surface area contributed by atoms with E-state index in [4.69, 9.17) is 10.2 Å². The summed E-state index contributed by atoms with van der Waals surface area (Å²) in [6.45, 7) is -0.211. The third-order valence-corrected chi connectivity index (χ3v) is 1.48. The third-order valence-electron chi connectivity index (χ3n) is 1.48. The first-order chi connectivity index (χ1) is 4.58. The Morgan fingerprint density at radius 1 is 1.60 bits per heavy atom. The zero-order valence-corrected chi connectivity index (χ0v) is 5.15. The fraction of sp³-hybridized carbons (Fsp3) is 0.750. The van der Waals surface area contributed by atoms with Crippen molar-refractivity contribution in [2.75, 3.05) is 13.1 Å². The molecule has 0 aromatic heterocycles. The molecular weight excluding hydrogens is 137 g/mol. The van der Waals surface area contributed by atoms with Gasteiger partial charge in [0.15, 0.2) is 0 Å². The molecule has 0 radical (unpaired) electrons. The number of rotatable bonds is 2. The fourth-order valence-electron chi connectivity index (χ4n) is 0.835. The van der Waals surface area contributed by atoms with Crippen LogP contribution in [0.2, 0.25) is 0 Å². The van der Waals surface area contributed by atoms with Crippen molar-refractivity contribution in [1.29, 1.82) is 0 Å². The van der Waals surface area contributed by atoms with Gasteiger partial charge in [-0.1, -0.05) is 0 Å². The van der Waals surface area contributed by atoms with E-state index in [2.05, 4.69) is 0 Å². The van der Waals surface area contributed by atoms with Crippen molar-refractivity contribution in [3.8, 4) is 0 Å². The van der Waals surface area contributed by atoms with Gasteiger partial charge >= 0.3 is 56.5 Å². The van der Waals surface area contributed by atoms with Crippen molar-refractivity contribution in [1.82, 2.24) is 4.81 Å². The Balaban J connectivity index is 2.49. The quantitative estimate of drug-likeness (QED) is 0.440. The standard InChI is InChI=1S/C4H6BNO4/c7-3(8)4(9)1-6(2-4)5-10/h9H,1-2H2,(H,7,8). The van der Waals surface area contributed by atoms with Crippen molar-refractivity contribution in [3.05, 3.63) is 0 Å². The minimum atomic E-state index is -1.69. The number of aliphatic hydroxyl groups is 1. The van der Waals surface area contributed by atoms with Crippen LogP contribution in [0.1, 0.15) is 0 Å². The van der Waals surface area contributed by atoms with Gasteiger partial charge in [-0.15, -0.1) is 0 Å². The Morgan fingerprint density at radius 3 is 2.40 bits per heavy atom. The summed E-state index contributed by atoms with van der Waals surface area (Å²) in [5.74, 6) is -1.27. The summed E-state index contributed by atoms with van der Waals surface area (Å²) < 4.78 is 9.92. The molecule has 0 spiro atoms. The summed E-state index contributed by atoms with van der Waals surface area (Å²) in [5.41, 5.74) is -1.69. The Hall–Kier alpha value is -0.905. The van der Waals surface area contributed by atoms with Gasteiger partial charge in [-0.2, -0.15) is 0 Å². The number of nitrogens with zero attached hydrogens (tertiary/aromatic N) is 1. The molecule has 0 atom stereocenters. The number of hydrogen-bond donors (Lipinski definition) is 2. The predicted molar refractivity (Wildman–Crippen MR) is 30.6 cm³/mol. The van der Waals surface area contributed by atoms with Crippen LogP contribution >= 0.6 is 0 Å². The van der Waals surface area contributed by atoms with E-state index in [1.54, 1.807) is 0 Å². The Kier molecular flexibility index (Phi) is 1.48. The minimum absolute atomic E-state index is 0.105. The van der Waals surface area contributed by atoms with Gasteiger partial charge in [-0.05, 0) is 0 Å². The maximum absolute atomic E-state index is 10.2. The number of aliphatic carboxylic acids is 1. The Morgan fingerprint density at radius 2 is 2.10 bits per heavy atom. The molecule has 6 heteroatoms. The molecule has 0 amide bonds. The van der Waals surface area contributed by atoms with Crippen molar-refractivity contribution in [2.45, 2.75) is 5.60 Å². The summed E-state index contributed by atoms with van der Waals surface area (Å²) in [7, 11) is 0.511. The fourth-order valence-corrected chi connectivity index (χ4v) is 0.835. The molecule has 1 aliphatic rings. The second-order valence-corrected chi connectivity index (χ2v) is 2.35. The molecule has 0 aromatic carbocycles. The molecule has 2 N–H and O–H groups in total. The van der Waals surface area contributed by atoms with Crippen LogP contribution in [-0.2, 0) is 9.50 Å². The van der Waals surface area contributed by atoms with Gasteiger partial charge in [0.2, 0.25) is 0 Å². The zero-order valence-electron chi connectivity index (χ0n) is 5.15. The van der Waals surface area contributed by atoms with Gasteiger partial charge in [-0.3, -0.25) is 0 Å². The van der Waals surface area contributed by atoms with Gasteiger partial charge in [0.25, 0.3) is 0 Å². The van der Waals surface area contributed by atoms with E-state index in [0.717, 1.165) is 0 Å². The topological polar surface area (TPSA) is 77.8 Å². The van der Waals surface area contributed by atoms with E-state index in [1.807, 2.05) is 0 Å². The maximum atomic E-state index is 10.2. The van der Waals surface area contributed by atoms with Gasteiger partial charge < -0.3 is 0 Å². The molecule has 1 heterocycles. The average molecular weight is 143 g/mol. The van der Waals surface area contributed by atoms with Gasteiger partial charge in [-0.25, -0.2) is 0 Å². The monoisotopic (exact) mass is 143 g/mol. The summed E-state index contributed by atoms with van der Waals surface area (Å²) >= 11 is 0. The van der Waals surface area contributed by atoms with E-state index in [1.165, 1.54) is 4.81 Å². The van der Waals surface area contributed by atoms with Crippen LogP contribution in [-0.4, -0.2) is 47.0 Å². The van der Waals surface area contributed by atoms with Crippen LogP contribution in [0, 0.1) is 0 Å². The van der Waals surface area contributed by atoms with Crippen LogP contribution in [0.15, 0.2) is 0 Å². The molecule has 1 aliphatic heterocycles.